The van der Waals surface area contributed by atoms with Crippen LogP contribution in [-0.4, -0.2) is 37.5 Å². The minimum Gasteiger partial charge on any atom is -0.399 e. The van der Waals surface area contributed by atoms with E-state index < -0.39 is 6.10 Å². The number of aliphatic hydroxyl groups is 1. The number of fused-ring (bicyclic) bond motifs is 1. The van der Waals surface area contributed by atoms with Crippen molar-refractivity contribution in [2.75, 3.05) is 22.9 Å². The lowest BCUT2D eigenvalue weighted by Gasteiger charge is -2.24. The molecule has 1 atom stereocenters. The molecule has 0 bridgehead atoms. The van der Waals surface area contributed by atoms with Crippen molar-refractivity contribution < 1.29 is 5.11 Å². The predicted octanol–water partition coefficient (Wildman–Crippen LogP) is 3.60. The summed E-state index contributed by atoms with van der Waals surface area (Å²) in [4.78, 5) is 4.78. The fraction of sp³-hybridized carbons (Fsp3) is 0.450. The molecule has 1 unspecified atom stereocenters. The van der Waals surface area contributed by atoms with E-state index in [4.69, 9.17) is 10.7 Å². The van der Waals surface area contributed by atoms with Gasteiger partial charge in [-0.05, 0) is 44.9 Å². The molecule has 1 aromatic rings. The van der Waals surface area contributed by atoms with Gasteiger partial charge in [-0.3, -0.25) is 0 Å². The number of hydrogen-bond acceptors (Lipinski definition) is 7. The van der Waals surface area contributed by atoms with Crippen LogP contribution in [0.2, 0.25) is 0 Å². The lowest BCUT2D eigenvalue weighted by atomic mass is 10.1. The highest BCUT2D eigenvalue weighted by atomic mass is 16.3. The third kappa shape index (κ3) is 4.01. The topological polar surface area (TPSA) is 114 Å². The first kappa shape index (κ1) is 19.9. The Hall–Kier alpha value is -2.87. The summed E-state index contributed by atoms with van der Waals surface area (Å²) in [6, 6.07) is 7.63. The van der Waals surface area contributed by atoms with Gasteiger partial charge in [0.15, 0.2) is 11.5 Å². The highest BCUT2D eigenvalue weighted by Crippen LogP contribution is 2.38. The number of aliphatic hydroxyl groups excluding tert-OH is 1. The van der Waals surface area contributed by atoms with E-state index in [1.165, 1.54) is 0 Å². The van der Waals surface area contributed by atoms with E-state index in [1.54, 1.807) is 6.92 Å². The largest absolute Gasteiger partial charge is 0.399 e. The van der Waals surface area contributed by atoms with E-state index in [-0.39, 0.29) is 12.0 Å². The van der Waals surface area contributed by atoms with Crippen molar-refractivity contribution in [3.63, 3.8) is 0 Å². The standard InChI is InChI=1S/C20H29N7O/c1-11(2)16-18-17(26-25-16)19(23-15-8-6-7-14(21)9-15)24-20(22-10-13(5)28)27(18)12(3)4/h6-9,11-13,23,28H,10,21H2,1-5H3,(H,22,24). The average molecular weight is 384 g/mol. The molecule has 3 rings (SSSR count). The maximum Gasteiger partial charge on any atom is 0.205 e. The highest BCUT2D eigenvalue weighted by molar-refractivity contribution is 5.78. The van der Waals surface area contributed by atoms with Crippen molar-refractivity contribution in [3.05, 3.63) is 30.0 Å². The van der Waals surface area contributed by atoms with Crippen LogP contribution in [0.3, 0.4) is 0 Å². The van der Waals surface area contributed by atoms with E-state index in [1.807, 2.05) is 24.3 Å². The molecule has 2 heterocycles. The van der Waals surface area contributed by atoms with Crippen LogP contribution in [0.4, 0.5) is 23.1 Å². The first-order valence-corrected chi connectivity index (χ1v) is 9.61. The van der Waals surface area contributed by atoms with Gasteiger partial charge in [0, 0.05) is 24.0 Å². The molecule has 2 aliphatic rings. The second kappa shape index (κ2) is 8.02. The Morgan fingerprint density at radius 1 is 1.14 bits per heavy atom. The number of anilines is 4. The number of nitrogens with one attached hydrogen (secondary N) is 2. The maximum atomic E-state index is 9.74. The highest BCUT2D eigenvalue weighted by Gasteiger charge is 2.28. The van der Waals surface area contributed by atoms with Crippen molar-refractivity contribution in [1.29, 1.82) is 0 Å². The SMILES string of the molecule is CC(O)CNc1nc(Nc2cccc(N)c2)c2nnc(C(C)C)c-2n1C(C)C. The monoisotopic (exact) mass is 383 g/mol. The van der Waals surface area contributed by atoms with Crippen LogP contribution in [0.1, 0.15) is 52.3 Å². The summed E-state index contributed by atoms with van der Waals surface area (Å²) in [5.41, 5.74) is 9.97. The Labute approximate surface area is 165 Å². The van der Waals surface area contributed by atoms with Crippen LogP contribution in [0.25, 0.3) is 11.4 Å². The van der Waals surface area contributed by atoms with Gasteiger partial charge in [0.2, 0.25) is 5.95 Å². The smallest absolute Gasteiger partial charge is 0.205 e. The van der Waals surface area contributed by atoms with Crippen LogP contribution < -0.4 is 16.4 Å². The fourth-order valence-electron chi connectivity index (χ4n) is 3.13. The molecule has 0 saturated carbocycles. The van der Waals surface area contributed by atoms with Crippen molar-refractivity contribution in [1.82, 2.24) is 19.7 Å². The van der Waals surface area contributed by atoms with Crippen LogP contribution >= 0.6 is 0 Å². The lowest BCUT2D eigenvalue weighted by Crippen LogP contribution is -2.22. The molecule has 1 aromatic carbocycles. The second-order valence-corrected chi connectivity index (χ2v) is 7.67. The fourth-order valence-corrected chi connectivity index (χ4v) is 3.13. The number of hydrogen-bond donors (Lipinski definition) is 4. The minimum atomic E-state index is -0.496. The summed E-state index contributed by atoms with van der Waals surface area (Å²) < 4.78 is 2.09. The molecule has 5 N–H and O–H groups in total. The van der Waals surface area contributed by atoms with Crippen LogP contribution in [-0.2, 0) is 0 Å². The zero-order valence-electron chi connectivity index (χ0n) is 17.1. The molecule has 0 radical (unpaired) electrons. The van der Waals surface area contributed by atoms with Gasteiger partial charge in [-0.15, -0.1) is 5.10 Å². The van der Waals surface area contributed by atoms with Gasteiger partial charge in [-0.1, -0.05) is 19.9 Å². The summed E-state index contributed by atoms with van der Waals surface area (Å²) in [6.07, 6.45) is -0.496. The summed E-state index contributed by atoms with van der Waals surface area (Å²) in [6.45, 7) is 10.5. The Morgan fingerprint density at radius 3 is 2.50 bits per heavy atom. The summed E-state index contributed by atoms with van der Waals surface area (Å²) in [7, 11) is 0. The van der Waals surface area contributed by atoms with Gasteiger partial charge in [0.25, 0.3) is 0 Å². The molecule has 2 aliphatic heterocycles. The Bertz CT molecular complexity index is 917. The normalized spacial score (nSPS) is 12.7. The number of aromatic nitrogens is 4. The lowest BCUT2D eigenvalue weighted by molar-refractivity contribution is 0.208. The molecule has 0 spiro atoms. The van der Waals surface area contributed by atoms with Gasteiger partial charge < -0.3 is 26.0 Å². The van der Waals surface area contributed by atoms with Gasteiger partial charge in [0.1, 0.15) is 0 Å². The molecule has 0 saturated heterocycles. The number of nitrogens with zero attached hydrogens (tertiary/aromatic N) is 4. The number of benzene rings is 1. The second-order valence-electron chi connectivity index (χ2n) is 7.67. The van der Waals surface area contributed by atoms with Gasteiger partial charge in [-0.2, -0.15) is 10.1 Å². The third-order valence-electron chi connectivity index (χ3n) is 4.40. The van der Waals surface area contributed by atoms with Gasteiger partial charge in [-0.25, -0.2) is 0 Å². The van der Waals surface area contributed by atoms with Crippen LogP contribution in [0.15, 0.2) is 24.3 Å². The molecular weight excluding hydrogens is 354 g/mol. The Morgan fingerprint density at radius 2 is 1.89 bits per heavy atom. The molecular formula is C20H29N7O. The van der Waals surface area contributed by atoms with Crippen molar-refractivity contribution in [2.24, 2.45) is 0 Å². The van der Waals surface area contributed by atoms with E-state index in [0.717, 1.165) is 17.1 Å². The number of nitrogen functional groups attached to an aromatic ring is 1. The molecule has 8 nitrogen and oxygen atoms in total. The minimum absolute atomic E-state index is 0.136. The first-order valence-electron chi connectivity index (χ1n) is 9.61. The quantitative estimate of drug-likeness (QED) is 0.461. The van der Waals surface area contributed by atoms with Crippen molar-refractivity contribution in [3.8, 4) is 11.4 Å². The van der Waals surface area contributed by atoms with Gasteiger partial charge in [0.05, 0.1) is 17.5 Å². The molecule has 0 fully saturated rings. The number of rotatable bonds is 7. The third-order valence-corrected chi connectivity index (χ3v) is 4.40. The average Bonchev–Trinajstić information content (AvgIpc) is 3.04. The summed E-state index contributed by atoms with van der Waals surface area (Å²) in [5.74, 6) is 1.47. The predicted molar refractivity (Wildman–Crippen MR) is 113 cm³/mol. The van der Waals surface area contributed by atoms with E-state index in [0.29, 0.717) is 29.7 Å². The zero-order valence-corrected chi connectivity index (χ0v) is 17.1. The van der Waals surface area contributed by atoms with E-state index >= 15 is 0 Å². The maximum absolute atomic E-state index is 9.74. The molecule has 8 heteroatoms. The molecule has 0 aromatic heterocycles. The van der Waals surface area contributed by atoms with Crippen LogP contribution in [0.5, 0.6) is 0 Å². The molecule has 150 valence electrons. The van der Waals surface area contributed by atoms with E-state index in [9.17, 15) is 5.11 Å². The summed E-state index contributed by atoms with van der Waals surface area (Å²) >= 11 is 0. The van der Waals surface area contributed by atoms with Gasteiger partial charge >= 0.3 is 0 Å². The first-order chi connectivity index (χ1) is 13.3. The molecule has 0 amide bonds. The van der Waals surface area contributed by atoms with E-state index in [2.05, 4.69) is 53.1 Å². The Balaban J connectivity index is 2.17. The zero-order chi connectivity index (χ0) is 20.4. The van der Waals surface area contributed by atoms with Crippen LogP contribution in [0, 0.1) is 0 Å². The van der Waals surface area contributed by atoms with Crippen molar-refractivity contribution >= 4 is 23.1 Å². The van der Waals surface area contributed by atoms with Crippen molar-refractivity contribution in [2.45, 2.75) is 52.7 Å². The molecule has 28 heavy (non-hydrogen) atoms. The Kier molecular flexibility index (Phi) is 5.69. The summed E-state index contributed by atoms with van der Waals surface area (Å²) in [5, 5.41) is 25.2. The molecule has 0 aliphatic carbocycles. The number of nitrogens with two attached hydrogens (primary N) is 1.